The molecular formula is C16H19N5O3. The molecular weight excluding hydrogens is 310 g/mol. The normalized spacial score (nSPS) is 14.6. The average molecular weight is 329 g/mol. The van der Waals surface area contributed by atoms with Crippen LogP contribution in [0, 0.1) is 0 Å². The lowest BCUT2D eigenvalue weighted by Gasteiger charge is -2.26. The Hall–Kier alpha value is -3.03. The summed E-state index contributed by atoms with van der Waals surface area (Å²) < 4.78 is 7.32. The first-order valence-corrected chi connectivity index (χ1v) is 7.60. The molecule has 1 atom stereocenters. The summed E-state index contributed by atoms with van der Waals surface area (Å²) in [5.74, 6) is 0.469. The van der Waals surface area contributed by atoms with E-state index in [1.54, 1.807) is 37.8 Å². The van der Waals surface area contributed by atoms with Gasteiger partial charge in [0.15, 0.2) is 6.61 Å². The van der Waals surface area contributed by atoms with Gasteiger partial charge in [-0.1, -0.05) is 0 Å². The van der Waals surface area contributed by atoms with Crippen LogP contribution < -0.4 is 20.3 Å². The minimum atomic E-state index is -0.304. The van der Waals surface area contributed by atoms with Crippen molar-refractivity contribution < 1.29 is 14.3 Å². The van der Waals surface area contributed by atoms with Gasteiger partial charge in [-0.05, 0) is 19.1 Å². The predicted octanol–water partition coefficient (Wildman–Crippen LogP) is 1.62. The SMILES string of the molecule is C[C@@H](CNC(=O)Nc1ccc2c(c1)OCC(=O)N2C)n1ccnc1. The molecule has 8 heteroatoms. The summed E-state index contributed by atoms with van der Waals surface area (Å²) in [6, 6.07) is 4.98. The number of likely N-dealkylation sites (N-methyl/N-ethyl adjacent to an activating group) is 1. The second kappa shape index (κ2) is 6.61. The summed E-state index contributed by atoms with van der Waals surface area (Å²) in [6.07, 6.45) is 5.26. The summed E-state index contributed by atoms with van der Waals surface area (Å²) in [6.45, 7) is 2.46. The summed E-state index contributed by atoms with van der Waals surface area (Å²) >= 11 is 0. The molecule has 0 unspecified atom stereocenters. The summed E-state index contributed by atoms with van der Waals surface area (Å²) in [4.78, 5) is 29.1. The Balaban J connectivity index is 1.58. The van der Waals surface area contributed by atoms with Gasteiger partial charge in [-0.25, -0.2) is 9.78 Å². The van der Waals surface area contributed by atoms with Crippen LogP contribution in [-0.4, -0.2) is 41.7 Å². The Morgan fingerprint density at radius 3 is 3.04 bits per heavy atom. The average Bonchev–Trinajstić information content (AvgIpc) is 3.11. The molecule has 126 valence electrons. The highest BCUT2D eigenvalue weighted by Crippen LogP contribution is 2.33. The van der Waals surface area contributed by atoms with E-state index in [1.165, 1.54) is 4.90 Å². The Labute approximate surface area is 139 Å². The van der Waals surface area contributed by atoms with Gasteiger partial charge in [0.2, 0.25) is 0 Å². The Bertz CT molecular complexity index is 744. The third kappa shape index (κ3) is 3.32. The molecule has 0 saturated heterocycles. The number of imidazole rings is 1. The van der Waals surface area contributed by atoms with Gasteiger partial charge in [0, 0.05) is 43.8 Å². The number of ether oxygens (including phenoxy) is 1. The fourth-order valence-corrected chi connectivity index (χ4v) is 2.41. The number of carbonyl (C=O) groups is 2. The number of benzene rings is 1. The van der Waals surface area contributed by atoms with E-state index in [0.29, 0.717) is 23.7 Å². The van der Waals surface area contributed by atoms with Crippen molar-refractivity contribution in [2.75, 3.05) is 30.4 Å². The number of aromatic nitrogens is 2. The van der Waals surface area contributed by atoms with Crippen molar-refractivity contribution in [2.24, 2.45) is 0 Å². The number of urea groups is 1. The first-order chi connectivity index (χ1) is 11.5. The molecule has 0 aliphatic carbocycles. The molecule has 24 heavy (non-hydrogen) atoms. The maximum atomic E-state index is 12.0. The van der Waals surface area contributed by atoms with Gasteiger partial charge in [0.05, 0.1) is 12.0 Å². The van der Waals surface area contributed by atoms with Crippen LogP contribution >= 0.6 is 0 Å². The molecule has 1 aliphatic heterocycles. The summed E-state index contributed by atoms with van der Waals surface area (Å²) in [5.41, 5.74) is 1.29. The van der Waals surface area contributed by atoms with Crippen molar-refractivity contribution in [3.05, 3.63) is 36.9 Å². The van der Waals surface area contributed by atoms with Gasteiger partial charge >= 0.3 is 6.03 Å². The number of nitrogens with one attached hydrogen (secondary N) is 2. The second-order valence-corrected chi connectivity index (χ2v) is 5.62. The predicted molar refractivity (Wildman–Crippen MR) is 89.3 cm³/mol. The quantitative estimate of drug-likeness (QED) is 0.892. The van der Waals surface area contributed by atoms with E-state index in [1.807, 2.05) is 17.7 Å². The van der Waals surface area contributed by atoms with E-state index in [2.05, 4.69) is 15.6 Å². The van der Waals surface area contributed by atoms with Crippen LogP contribution in [0.25, 0.3) is 0 Å². The van der Waals surface area contributed by atoms with Gasteiger partial charge in [0.25, 0.3) is 5.91 Å². The highest BCUT2D eigenvalue weighted by atomic mass is 16.5. The van der Waals surface area contributed by atoms with E-state index in [-0.39, 0.29) is 24.6 Å². The summed E-state index contributed by atoms with van der Waals surface area (Å²) in [7, 11) is 1.70. The molecule has 0 bridgehead atoms. The van der Waals surface area contributed by atoms with E-state index in [0.717, 1.165) is 0 Å². The zero-order valence-electron chi connectivity index (χ0n) is 13.5. The minimum Gasteiger partial charge on any atom is -0.481 e. The number of fused-ring (bicyclic) bond motifs is 1. The molecule has 3 rings (SSSR count). The number of hydrogen-bond donors (Lipinski definition) is 2. The zero-order valence-corrected chi connectivity index (χ0v) is 13.5. The van der Waals surface area contributed by atoms with Crippen LogP contribution in [0.4, 0.5) is 16.2 Å². The van der Waals surface area contributed by atoms with Crippen LogP contribution in [-0.2, 0) is 4.79 Å². The van der Waals surface area contributed by atoms with Gasteiger partial charge in [-0.2, -0.15) is 0 Å². The van der Waals surface area contributed by atoms with Crippen molar-refractivity contribution >= 4 is 23.3 Å². The molecule has 0 saturated carbocycles. The first-order valence-electron chi connectivity index (χ1n) is 7.60. The van der Waals surface area contributed by atoms with Gasteiger partial charge in [-0.15, -0.1) is 0 Å². The van der Waals surface area contributed by atoms with E-state index in [4.69, 9.17) is 4.74 Å². The molecule has 1 aliphatic rings. The van der Waals surface area contributed by atoms with Crippen LogP contribution in [0.15, 0.2) is 36.9 Å². The van der Waals surface area contributed by atoms with Crippen LogP contribution in [0.1, 0.15) is 13.0 Å². The number of hydrogen-bond acceptors (Lipinski definition) is 4. The third-order valence-corrected chi connectivity index (χ3v) is 3.90. The minimum absolute atomic E-state index is 0.00156. The summed E-state index contributed by atoms with van der Waals surface area (Å²) in [5, 5.41) is 5.57. The van der Waals surface area contributed by atoms with Crippen LogP contribution in [0.2, 0.25) is 0 Å². The molecule has 2 heterocycles. The van der Waals surface area contributed by atoms with Gasteiger partial charge < -0.3 is 24.8 Å². The highest BCUT2D eigenvalue weighted by molar-refractivity contribution is 5.98. The lowest BCUT2D eigenvalue weighted by atomic mass is 10.2. The maximum absolute atomic E-state index is 12.0. The van der Waals surface area contributed by atoms with Crippen molar-refractivity contribution in [3.63, 3.8) is 0 Å². The Morgan fingerprint density at radius 1 is 1.46 bits per heavy atom. The number of nitrogens with zero attached hydrogens (tertiary/aromatic N) is 3. The number of anilines is 2. The lowest BCUT2D eigenvalue weighted by Crippen LogP contribution is -2.35. The molecule has 3 amide bonds. The number of carbonyl (C=O) groups excluding carboxylic acids is 2. The maximum Gasteiger partial charge on any atom is 0.319 e. The molecule has 0 radical (unpaired) electrons. The molecule has 1 aromatic heterocycles. The van der Waals surface area contributed by atoms with E-state index in [9.17, 15) is 9.59 Å². The molecule has 1 aromatic carbocycles. The van der Waals surface area contributed by atoms with Gasteiger partial charge in [0.1, 0.15) is 5.75 Å². The monoisotopic (exact) mass is 329 g/mol. The first kappa shape index (κ1) is 15.9. The van der Waals surface area contributed by atoms with Crippen molar-refractivity contribution in [1.29, 1.82) is 0 Å². The Kier molecular flexibility index (Phi) is 4.37. The molecule has 2 N–H and O–H groups in total. The van der Waals surface area contributed by atoms with Gasteiger partial charge in [-0.3, -0.25) is 4.79 Å². The Morgan fingerprint density at radius 2 is 2.29 bits per heavy atom. The molecule has 8 nitrogen and oxygen atoms in total. The topological polar surface area (TPSA) is 88.5 Å². The lowest BCUT2D eigenvalue weighted by molar-refractivity contribution is -0.120. The molecule has 0 fully saturated rings. The molecule has 2 aromatic rings. The van der Waals surface area contributed by atoms with E-state index >= 15 is 0 Å². The van der Waals surface area contributed by atoms with Crippen LogP contribution in [0.3, 0.4) is 0 Å². The smallest absolute Gasteiger partial charge is 0.319 e. The number of amides is 3. The number of rotatable bonds is 4. The molecule has 0 spiro atoms. The van der Waals surface area contributed by atoms with Crippen molar-refractivity contribution in [2.45, 2.75) is 13.0 Å². The zero-order chi connectivity index (χ0) is 17.1. The fraction of sp³-hybridized carbons (Fsp3) is 0.312. The standard InChI is InChI=1S/C16H19N5O3/c1-11(21-6-5-17-10-21)8-18-16(23)19-12-3-4-13-14(7-12)24-9-15(22)20(13)2/h3-7,10-11H,8-9H2,1-2H3,(H2,18,19,23)/t11-/m0/s1. The van der Waals surface area contributed by atoms with E-state index < -0.39 is 0 Å². The fourth-order valence-electron chi connectivity index (χ4n) is 2.41. The third-order valence-electron chi connectivity index (χ3n) is 3.90. The highest BCUT2D eigenvalue weighted by Gasteiger charge is 2.22. The van der Waals surface area contributed by atoms with Crippen molar-refractivity contribution in [3.8, 4) is 5.75 Å². The second-order valence-electron chi connectivity index (χ2n) is 5.62. The van der Waals surface area contributed by atoms with Crippen molar-refractivity contribution in [1.82, 2.24) is 14.9 Å². The largest absolute Gasteiger partial charge is 0.481 e. The van der Waals surface area contributed by atoms with Crippen LogP contribution in [0.5, 0.6) is 5.75 Å².